The Hall–Kier alpha value is -1.69. The van der Waals surface area contributed by atoms with Gasteiger partial charge in [0.1, 0.15) is 5.56 Å². The summed E-state index contributed by atoms with van der Waals surface area (Å²) in [5, 5.41) is 19.5. The number of rotatable bonds is 4. The van der Waals surface area contributed by atoms with E-state index in [1.54, 1.807) is 0 Å². The topological polar surface area (TPSA) is 82.5 Å². The predicted octanol–water partition coefficient (Wildman–Crippen LogP) is 0.323. The number of halogens is 1. The molecule has 3 N–H and O–H groups in total. The monoisotopic (exact) mass is 200 g/mol. The van der Waals surface area contributed by atoms with Crippen LogP contribution in [0.4, 0.5) is 10.2 Å². The molecule has 0 amide bonds. The summed E-state index contributed by atoms with van der Waals surface area (Å²) >= 11 is 0. The first-order valence-electron chi connectivity index (χ1n) is 3.89. The maximum absolute atomic E-state index is 13.3. The van der Waals surface area contributed by atoms with Crippen LogP contribution in [0.3, 0.4) is 0 Å². The third-order valence-electron chi connectivity index (χ3n) is 1.52. The van der Waals surface area contributed by atoms with E-state index in [1.165, 1.54) is 6.20 Å². The maximum atomic E-state index is 13.3. The van der Waals surface area contributed by atoms with Crippen LogP contribution in [0.25, 0.3) is 0 Å². The second kappa shape index (κ2) is 4.52. The highest BCUT2D eigenvalue weighted by Gasteiger charge is 2.14. The van der Waals surface area contributed by atoms with Gasteiger partial charge >= 0.3 is 5.97 Å². The van der Waals surface area contributed by atoms with Crippen molar-refractivity contribution in [2.24, 2.45) is 0 Å². The lowest BCUT2D eigenvalue weighted by molar-refractivity contribution is 0.0692. The number of carboxylic acid groups (broad SMARTS) is 1. The van der Waals surface area contributed by atoms with Crippen LogP contribution in [0.2, 0.25) is 0 Å². The molecule has 1 aromatic heterocycles. The molecule has 1 heterocycles. The minimum atomic E-state index is -1.35. The van der Waals surface area contributed by atoms with Crippen molar-refractivity contribution < 1.29 is 19.4 Å². The lowest BCUT2D eigenvalue weighted by Gasteiger charge is -2.05. The number of aliphatic hydroxyl groups is 1. The van der Waals surface area contributed by atoms with E-state index in [0.717, 1.165) is 6.07 Å². The molecule has 14 heavy (non-hydrogen) atoms. The minimum Gasteiger partial charge on any atom is -0.478 e. The van der Waals surface area contributed by atoms with E-state index in [1.807, 2.05) is 0 Å². The van der Waals surface area contributed by atoms with Crippen LogP contribution in [0, 0.1) is 5.82 Å². The van der Waals surface area contributed by atoms with Gasteiger partial charge in [0, 0.05) is 12.7 Å². The van der Waals surface area contributed by atoms with Crippen LogP contribution in [-0.2, 0) is 0 Å². The Bertz CT molecular complexity index is 343. The standard InChI is InChI=1S/C8H9FN2O3/c9-6-5(8(13)14)1-2-10-7(6)11-3-4-12/h1-2,12H,3-4H2,(H,10,11)(H,13,14). The lowest BCUT2D eigenvalue weighted by atomic mass is 10.2. The number of nitrogens with zero attached hydrogens (tertiary/aromatic N) is 1. The number of aliphatic hydroxyl groups excluding tert-OH is 1. The van der Waals surface area contributed by atoms with Gasteiger partial charge in [0.15, 0.2) is 11.6 Å². The van der Waals surface area contributed by atoms with Crippen molar-refractivity contribution in [2.75, 3.05) is 18.5 Å². The molecule has 5 nitrogen and oxygen atoms in total. The van der Waals surface area contributed by atoms with E-state index in [2.05, 4.69) is 10.3 Å². The quantitative estimate of drug-likeness (QED) is 0.652. The minimum absolute atomic E-state index is 0.118. The molecule has 0 saturated heterocycles. The van der Waals surface area contributed by atoms with Crippen molar-refractivity contribution in [3.63, 3.8) is 0 Å². The van der Waals surface area contributed by atoms with Crippen molar-refractivity contribution >= 4 is 11.8 Å². The zero-order valence-corrected chi connectivity index (χ0v) is 7.20. The van der Waals surface area contributed by atoms with Gasteiger partial charge in [-0.2, -0.15) is 0 Å². The average Bonchev–Trinajstić information content (AvgIpc) is 2.16. The predicted molar refractivity (Wildman–Crippen MR) is 46.7 cm³/mol. The van der Waals surface area contributed by atoms with Crippen LogP contribution in [0.5, 0.6) is 0 Å². The zero-order chi connectivity index (χ0) is 10.6. The van der Waals surface area contributed by atoms with Crippen LogP contribution in [0.15, 0.2) is 12.3 Å². The molecule has 6 heteroatoms. The average molecular weight is 200 g/mol. The SMILES string of the molecule is O=C(O)c1ccnc(NCCO)c1F. The highest BCUT2D eigenvalue weighted by molar-refractivity contribution is 5.88. The van der Waals surface area contributed by atoms with Crippen LogP contribution < -0.4 is 5.32 Å². The Morgan fingerprint density at radius 2 is 2.36 bits per heavy atom. The molecule has 1 aromatic rings. The third kappa shape index (κ3) is 2.17. The second-order valence-electron chi connectivity index (χ2n) is 2.48. The highest BCUT2D eigenvalue weighted by atomic mass is 19.1. The smallest absolute Gasteiger partial charge is 0.338 e. The molecule has 0 aliphatic heterocycles. The highest BCUT2D eigenvalue weighted by Crippen LogP contribution is 2.14. The van der Waals surface area contributed by atoms with Crippen LogP contribution in [-0.4, -0.2) is 34.3 Å². The van der Waals surface area contributed by atoms with Gasteiger partial charge in [-0.05, 0) is 6.07 Å². The molecule has 0 unspecified atom stereocenters. The first-order chi connectivity index (χ1) is 6.66. The fraction of sp³-hybridized carbons (Fsp3) is 0.250. The van der Waals surface area contributed by atoms with Gasteiger partial charge in [0.2, 0.25) is 0 Å². The Labute approximate surface area is 79.2 Å². The van der Waals surface area contributed by atoms with Gasteiger partial charge in [-0.1, -0.05) is 0 Å². The fourth-order valence-corrected chi connectivity index (χ4v) is 0.906. The number of carbonyl (C=O) groups is 1. The summed E-state index contributed by atoms with van der Waals surface area (Å²) in [4.78, 5) is 14.1. The molecular weight excluding hydrogens is 191 g/mol. The number of hydrogen-bond donors (Lipinski definition) is 3. The van der Waals surface area contributed by atoms with Crippen molar-refractivity contribution in [2.45, 2.75) is 0 Å². The molecule has 0 spiro atoms. The Morgan fingerprint density at radius 1 is 1.64 bits per heavy atom. The van der Waals surface area contributed by atoms with Crippen molar-refractivity contribution in [3.8, 4) is 0 Å². The summed E-state index contributed by atoms with van der Waals surface area (Å²) in [6, 6.07) is 1.07. The normalized spacial score (nSPS) is 9.86. The number of aromatic nitrogens is 1. The van der Waals surface area contributed by atoms with E-state index >= 15 is 0 Å². The van der Waals surface area contributed by atoms with Gasteiger partial charge in [-0.3, -0.25) is 0 Å². The summed E-state index contributed by atoms with van der Waals surface area (Å²) in [6.07, 6.45) is 1.19. The van der Waals surface area contributed by atoms with Gasteiger partial charge in [0.25, 0.3) is 0 Å². The van der Waals surface area contributed by atoms with Crippen molar-refractivity contribution in [1.29, 1.82) is 0 Å². The lowest BCUT2D eigenvalue weighted by Crippen LogP contribution is -2.11. The molecule has 76 valence electrons. The van der Waals surface area contributed by atoms with E-state index < -0.39 is 17.3 Å². The summed E-state index contributed by atoms with van der Waals surface area (Å²) in [5.41, 5.74) is -0.444. The Morgan fingerprint density at radius 3 is 2.93 bits per heavy atom. The Kier molecular flexibility index (Phi) is 3.35. The van der Waals surface area contributed by atoms with Crippen LogP contribution in [0.1, 0.15) is 10.4 Å². The number of hydrogen-bond acceptors (Lipinski definition) is 4. The molecule has 0 fully saturated rings. The first kappa shape index (κ1) is 10.4. The molecule has 0 atom stereocenters. The van der Waals surface area contributed by atoms with Gasteiger partial charge in [0.05, 0.1) is 6.61 Å². The van der Waals surface area contributed by atoms with Crippen molar-refractivity contribution in [1.82, 2.24) is 4.98 Å². The zero-order valence-electron chi connectivity index (χ0n) is 7.20. The molecule has 0 radical (unpaired) electrons. The van der Waals surface area contributed by atoms with Gasteiger partial charge in [-0.25, -0.2) is 14.2 Å². The van der Waals surface area contributed by atoms with Crippen molar-refractivity contribution in [3.05, 3.63) is 23.6 Å². The number of carboxylic acids is 1. The number of aromatic carboxylic acids is 1. The summed E-state index contributed by atoms with van der Waals surface area (Å²) in [6.45, 7) is -0.0641. The van der Waals surface area contributed by atoms with E-state index in [4.69, 9.17) is 10.2 Å². The molecule has 0 bridgehead atoms. The largest absolute Gasteiger partial charge is 0.478 e. The van der Waals surface area contributed by atoms with E-state index in [-0.39, 0.29) is 19.0 Å². The molecule has 0 aromatic carbocycles. The first-order valence-corrected chi connectivity index (χ1v) is 3.89. The van der Waals surface area contributed by atoms with Gasteiger partial charge < -0.3 is 15.5 Å². The van der Waals surface area contributed by atoms with E-state index in [0.29, 0.717) is 0 Å². The number of pyridine rings is 1. The Balaban J connectivity index is 2.95. The third-order valence-corrected chi connectivity index (χ3v) is 1.52. The number of nitrogens with one attached hydrogen (secondary N) is 1. The molecular formula is C8H9FN2O3. The summed E-state index contributed by atoms with van der Waals surface area (Å²) in [5.74, 6) is -2.44. The fourth-order valence-electron chi connectivity index (χ4n) is 0.906. The van der Waals surface area contributed by atoms with E-state index in [9.17, 15) is 9.18 Å². The summed E-state index contributed by atoms with van der Waals surface area (Å²) in [7, 11) is 0. The molecule has 0 saturated carbocycles. The summed E-state index contributed by atoms with van der Waals surface area (Å²) < 4.78 is 13.3. The van der Waals surface area contributed by atoms with Gasteiger partial charge in [-0.15, -0.1) is 0 Å². The molecule has 1 rings (SSSR count). The number of anilines is 1. The second-order valence-corrected chi connectivity index (χ2v) is 2.48. The molecule has 0 aliphatic rings. The molecule has 0 aliphatic carbocycles. The maximum Gasteiger partial charge on any atom is 0.338 e. The van der Waals surface area contributed by atoms with Crippen LogP contribution >= 0.6 is 0 Å².